The van der Waals surface area contributed by atoms with Crippen LogP contribution in [0.4, 0.5) is 0 Å². The Morgan fingerprint density at radius 3 is 2.33 bits per heavy atom. The molecule has 0 aromatic heterocycles. The minimum absolute atomic E-state index is 0.156. The summed E-state index contributed by atoms with van der Waals surface area (Å²) in [4.78, 5) is 27.2. The maximum atomic E-state index is 13.0. The number of hydrogen-bond donors (Lipinski definition) is 1. The summed E-state index contributed by atoms with van der Waals surface area (Å²) in [7, 11) is 0. The van der Waals surface area contributed by atoms with Gasteiger partial charge in [0, 0.05) is 25.7 Å². The Bertz CT molecular complexity index is 898. The first-order chi connectivity index (χ1) is 14.0. The van der Waals surface area contributed by atoms with Crippen LogP contribution in [-0.4, -0.2) is 34.9 Å². The van der Waals surface area contributed by atoms with E-state index in [4.69, 9.17) is 27.9 Å². The van der Waals surface area contributed by atoms with Crippen LogP contribution in [0, 0.1) is 3.57 Å². The molecule has 162 valence electrons. The monoisotopic (exact) mass is 562 g/mol. The third-order valence-corrected chi connectivity index (χ3v) is 5.50. The highest BCUT2D eigenvalue weighted by atomic mass is 127. The Hall–Kier alpha value is -1.51. The Morgan fingerprint density at radius 1 is 1.13 bits per heavy atom. The molecule has 1 N–H and O–H groups in total. The van der Waals surface area contributed by atoms with Gasteiger partial charge in [-0.1, -0.05) is 29.3 Å². The van der Waals surface area contributed by atoms with Gasteiger partial charge in [-0.2, -0.15) is 0 Å². The second kappa shape index (κ2) is 10.7. The molecule has 0 aliphatic rings. The van der Waals surface area contributed by atoms with Crippen molar-refractivity contribution in [3.8, 4) is 5.75 Å². The van der Waals surface area contributed by atoms with Gasteiger partial charge in [-0.15, -0.1) is 0 Å². The molecule has 8 heteroatoms. The zero-order valence-electron chi connectivity index (χ0n) is 17.3. The normalized spacial score (nSPS) is 12.2. The van der Waals surface area contributed by atoms with Crippen molar-refractivity contribution in [2.75, 3.05) is 6.61 Å². The number of rotatable bonds is 7. The standard InChI is InChI=1S/C22H25Cl2IN2O3/c1-14(21(29)26-22(2,3)4)27(12-15-5-6-16(23)11-19(15)24)20(28)13-30-18-9-7-17(25)8-10-18/h5-11,14H,12-13H2,1-4H3,(H,26,29). The van der Waals surface area contributed by atoms with E-state index < -0.39 is 11.6 Å². The summed E-state index contributed by atoms with van der Waals surface area (Å²) in [6.45, 7) is 7.31. The molecule has 1 atom stereocenters. The van der Waals surface area contributed by atoms with Crippen LogP contribution in [0.15, 0.2) is 42.5 Å². The summed E-state index contributed by atoms with van der Waals surface area (Å²) in [5, 5.41) is 3.85. The molecule has 2 aromatic carbocycles. The second-order valence-corrected chi connectivity index (χ2v) is 10.0. The summed E-state index contributed by atoms with van der Waals surface area (Å²) in [6, 6.07) is 11.7. The SMILES string of the molecule is CC(C(=O)NC(C)(C)C)N(Cc1ccc(Cl)cc1Cl)C(=O)COc1ccc(I)cc1. The van der Waals surface area contributed by atoms with Crippen molar-refractivity contribution in [1.82, 2.24) is 10.2 Å². The molecule has 0 heterocycles. The number of hydrogen-bond acceptors (Lipinski definition) is 3. The summed E-state index contributed by atoms with van der Waals surface area (Å²) >= 11 is 14.5. The molecule has 0 saturated carbocycles. The van der Waals surface area contributed by atoms with Gasteiger partial charge in [-0.05, 0) is 92.2 Å². The lowest BCUT2D eigenvalue weighted by Crippen LogP contribution is -2.53. The van der Waals surface area contributed by atoms with Gasteiger partial charge in [0.05, 0.1) is 0 Å². The van der Waals surface area contributed by atoms with Gasteiger partial charge in [-0.25, -0.2) is 0 Å². The predicted molar refractivity (Wildman–Crippen MR) is 129 cm³/mol. The van der Waals surface area contributed by atoms with E-state index in [0.717, 1.165) is 3.57 Å². The first kappa shape index (κ1) is 24.8. The van der Waals surface area contributed by atoms with Gasteiger partial charge in [0.2, 0.25) is 5.91 Å². The minimum atomic E-state index is -0.719. The van der Waals surface area contributed by atoms with Gasteiger partial charge < -0.3 is 15.0 Å². The zero-order valence-corrected chi connectivity index (χ0v) is 21.0. The third-order valence-electron chi connectivity index (χ3n) is 4.20. The van der Waals surface area contributed by atoms with Gasteiger partial charge in [0.15, 0.2) is 6.61 Å². The smallest absolute Gasteiger partial charge is 0.261 e. The van der Waals surface area contributed by atoms with Gasteiger partial charge in [0.1, 0.15) is 11.8 Å². The fourth-order valence-corrected chi connectivity index (χ4v) is 3.48. The first-order valence-corrected chi connectivity index (χ1v) is 11.2. The summed E-state index contributed by atoms with van der Waals surface area (Å²) < 4.78 is 6.71. The lowest BCUT2D eigenvalue weighted by atomic mass is 10.1. The van der Waals surface area contributed by atoms with E-state index in [1.807, 2.05) is 32.9 Å². The summed E-state index contributed by atoms with van der Waals surface area (Å²) in [5.41, 5.74) is 0.273. The number of carbonyl (C=O) groups excluding carboxylic acids is 2. The molecule has 0 aliphatic heterocycles. The molecule has 0 aliphatic carbocycles. The Labute approximate surface area is 201 Å². The van der Waals surface area contributed by atoms with E-state index in [2.05, 4.69) is 27.9 Å². The molecule has 0 radical (unpaired) electrons. The number of halogens is 3. The van der Waals surface area contributed by atoms with E-state index in [9.17, 15) is 9.59 Å². The molecule has 1 unspecified atom stereocenters. The van der Waals surface area contributed by atoms with E-state index in [-0.39, 0.29) is 25.0 Å². The molecule has 5 nitrogen and oxygen atoms in total. The van der Waals surface area contributed by atoms with Gasteiger partial charge in [-0.3, -0.25) is 9.59 Å². The fourth-order valence-electron chi connectivity index (χ4n) is 2.65. The number of amides is 2. The van der Waals surface area contributed by atoms with Crippen molar-refractivity contribution in [3.63, 3.8) is 0 Å². The molecule has 2 amide bonds. The van der Waals surface area contributed by atoms with Crippen molar-refractivity contribution in [3.05, 3.63) is 61.6 Å². The summed E-state index contributed by atoms with van der Waals surface area (Å²) in [5.74, 6) is 0.00589. The highest BCUT2D eigenvalue weighted by Gasteiger charge is 2.29. The van der Waals surface area contributed by atoms with Crippen LogP contribution < -0.4 is 10.1 Å². The predicted octanol–water partition coefficient (Wildman–Crippen LogP) is 5.31. The van der Waals surface area contributed by atoms with Crippen LogP contribution in [-0.2, 0) is 16.1 Å². The third kappa shape index (κ3) is 7.63. The second-order valence-electron chi connectivity index (χ2n) is 7.92. The van der Waals surface area contributed by atoms with Crippen LogP contribution in [0.5, 0.6) is 5.75 Å². The van der Waals surface area contributed by atoms with Gasteiger partial charge in [0.25, 0.3) is 5.91 Å². The molecule has 0 saturated heterocycles. The Kier molecular flexibility index (Phi) is 8.82. The summed E-state index contributed by atoms with van der Waals surface area (Å²) in [6.07, 6.45) is 0. The number of nitrogens with one attached hydrogen (secondary N) is 1. The van der Waals surface area contributed by atoms with Crippen LogP contribution in [0.2, 0.25) is 10.0 Å². The Balaban J connectivity index is 2.21. The average Bonchev–Trinajstić information content (AvgIpc) is 2.65. The van der Waals surface area contributed by atoms with Crippen molar-refractivity contribution >= 4 is 57.6 Å². The topological polar surface area (TPSA) is 58.6 Å². The molecule has 30 heavy (non-hydrogen) atoms. The maximum absolute atomic E-state index is 13.0. The molecule has 2 rings (SSSR count). The van der Waals surface area contributed by atoms with E-state index in [0.29, 0.717) is 21.4 Å². The van der Waals surface area contributed by atoms with Crippen LogP contribution >= 0.6 is 45.8 Å². The molecule has 0 bridgehead atoms. The molecular weight excluding hydrogens is 538 g/mol. The van der Waals surface area contributed by atoms with Crippen molar-refractivity contribution < 1.29 is 14.3 Å². The van der Waals surface area contributed by atoms with Gasteiger partial charge >= 0.3 is 0 Å². The largest absolute Gasteiger partial charge is 0.484 e. The first-order valence-electron chi connectivity index (χ1n) is 9.40. The van der Waals surface area contributed by atoms with Crippen molar-refractivity contribution in [2.24, 2.45) is 0 Å². The van der Waals surface area contributed by atoms with Crippen molar-refractivity contribution in [2.45, 2.75) is 45.8 Å². The molecule has 0 fully saturated rings. The highest BCUT2D eigenvalue weighted by Crippen LogP contribution is 2.23. The number of benzene rings is 2. The lowest BCUT2D eigenvalue weighted by Gasteiger charge is -2.31. The number of ether oxygens (including phenoxy) is 1. The zero-order chi connectivity index (χ0) is 22.5. The highest BCUT2D eigenvalue weighted by molar-refractivity contribution is 14.1. The quantitative estimate of drug-likeness (QED) is 0.465. The van der Waals surface area contributed by atoms with Crippen LogP contribution in [0.1, 0.15) is 33.3 Å². The molecular formula is C22H25Cl2IN2O3. The minimum Gasteiger partial charge on any atom is -0.484 e. The van der Waals surface area contributed by atoms with Crippen molar-refractivity contribution in [1.29, 1.82) is 0 Å². The lowest BCUT2D eigenvalue weighted by molar-refractivity contribution is -0.142. The van der Waals surface area contributed by atoms with E-state index >= 15 is 0 Å². The van der Waals surface area contributed by atoms with E-state index in [1.54, 1.807) is 37.3 Å². The molecule has 2 aromatic rings. The van der Waals surface area contributed by atoms with Crippen LogP contribution in [0.25, 0.3) is 0 Å². The van der Waals surface area contributed by atoms with E-state index in [1.165, 1.54) is 4.90 Å². The number of carbonyl (C=O) groups is 2. The fraction of sp³-hybridized carbons (Fsp3) is 0.364. The average molecular weight is 563 g/mol. The Morgan fingerprint density at radius 2 is 1.77 bits per heavy atom. The maximum Gasteiger partial charge on any atom is 0.261 e. The molecule has 0 spiro atoms. The van der Waals surface area contributed by atoms with Crippen LogP contribution in [0.3, 0.4) is 0 Å². The number of nitrogens with zero attached hydrogens (tertiary/aromatic N) is 1.